The molecule has 0 unspecified atom stereocenters. The summed E-state index contributed by atoms with van der Waals surface area (Å²) in [4.78, 5) is 0. The monoisotopic (exact) mass is 343 g/mol. The van der Waals surface area contributed by atoms with E-state index in [1.807, 2.05) is 36.4 Å². The Kier molecular flexibility index (Phi) is 3.96. The number of tetrazole rings is 1. The highest BCUT2D eigenvalue weighted by atomic mass is 79.9. The number of anilines is 1. The molecule has 6 heteroatoms. The third-order valence-electron chi connectivity index (χ3n) is 3.24. The first-order valence-corrected chi connectivity index (χ1v) is 7.39. The normalized spacial score (nSPS) is 10.7. The van der Waals surface area contributed by atoms with Crippen LogP contribution in [0.4, 0.5) is 5.69 Å². The van der Waals surface area contributed by atoms with Crippen molar-refractivity contribution in [3.05, 3.63) is 58.6 Å². The van der Waals surface area contributed by atoms with E-state index in [1.165, 1.54) is 5.56 Å². The van der Waals surface area contributed by atoms with Crippen molar-refractivity contribution in [3.8, 4) is 11.4 Å². The zero-order chi connectivity index (χ0) is 14.7. The summed E-state index contributed by atoms with van der Waals surface area (Å²) in [7, 11) is 0. The molecule has 2 N–H and O–H groups in total. The Labute approximate surface area is 130 Å². The van der Waals surface area contributed by atoms with Crippen molar-refractivity contribution in [3.63, 3.8) is 0 Å². The molecule has 0 aliphatic rings. The Hall–Kier alpha value is -2.21. The number of hydrogen-bond acceptors (Lipinski definition) is 4. The van der Waals surface area contributed by atoms with Crippen LogP contribution in [0.25, 0.3) is 11.4 Å². The summed E-state index contributed by atoms with van der Waals surface area (Å²) in [5, 5.41) is 11.9. The Morgan fingerprint density at radius 3 is 2.67 bits per heavy atom. The fourth-order valence-corrected chi connectivity index (χ4v) is 2.37. The molecule has 0 saturated heterocycles. The van der Waals surface area contributed by atoms with E-state index in [-0.39, 0.29) is 0 Å². The number of benzene rings is 2. The van der Waals surface area contributed by atoms with Crippen molar-refractivity contribution >= 4 is 21.6 Å². The topological polar surface area (TPSA) is 69.6 Å². The van der Waals surface area contributed by atoms with Gasteiger partial charge in [-0.1, -0.05) is 30.3 Å². The lowest BCUT2D eigenvalue weighted by Crippen LogP contribution is -2.06. The number of nitrogens with zero attached hydrogens (tertiary/aromatic N) is 4. The Morgan fingerprint density at radius 2 is 1.90 bits per heavy atom. The van der Waals surface area contributed by atoms with Gasteiger partial charge in [0.2, 0.25) is 0 Å². The molecule has 21 heavy (non-hydrogen) atoms. The van der Waals surface area contributed by atoms with E-state index in [9.17, 15) is 0 Å². The van der Waals surface area contributed by atoms with E-state index in [4.69, 9.17) is 5.73 Å². The van der Waals surface area contributed by atoms with Gasteiger partial charge in [-0.25, -0.2) is 4.68 Å². The molecule has 0 amide bonds. The highest BCUT2D eigenvalue weighted by Gasteiger charge is 2.10. The third-order valence-corrected chi connectivity index (χ3v) is 3.96. The highest BCUT2D eigenvalue weighted by molar-refractivity contribution is 9.10. The molecule has 0 aliphatic carbocycles. The van der Waals surface area contributed by atoms with Crippen LogP contribution >= 0.6 is 15.9 Å². The summed E-state index contributed by atoms with van der Waals surface area (Å²) in [6.45, 7) is 0.725. The van der Waals surface area contributed by atoms with Gasteiger partial charge in [0.05, 0.1) is 0 Å². The van der Waals surface area contributed by atoms with Crippen molar-refractivity contribution in [1.82, 2.24) is 20.2 Å². The third kappa shape index (κ3) is 3.11. The van der Waals surface area contributed by atoms with Crippen LogP contribution in [0.2, 0.25) is 0 Å². The van der Waals surface area contributed by atoms with Crippen LogP contribution < -0.4 is 5.73 Å². The lowest BCUT2D eigenvalue weighted by Gasteiger charge is -2.06. The van der Waals surface area contributed by atoms with Crippen molar-refractivity contribution < 1.29 is 0 Å². The fraction of sp³-hybridized carbons (Fsp3) is 0.133. The molecule has 3 rings (SSSR count). The van der Waals surface area contributed by atoms with Crippen molar-refractivity contribution in [1.29, 1.82) is 0 Å². The molecule has 0 atom stereocenters. The van der Waals surface area contributed by atoms with Gasteiger partial charge in [0.25, 0.3) is 0 Å². The standard InChI is InChI=1S/C15H14BrN5/c16-13-7-6-12(10-14(13)17)15-18-19-20-21(15)9-8-11-4-2-1-3-5-11/h1-7,10H,8-9,17H2. The van der Waals surface area contributed by atoms with Crippen LogP contribution in [0.3, 0.4) is 0 Å². The van der Waals surface area contributed by atoms with Crippen LogP contribution in [0.1, 0.15) is 5.56 Å². The summed E-state index contributed by atoms with van der Waals surface area (Å²) in [5.74, 6) is 0.727. The maximum absolute atomic E-state index is 5.92. The van der Waals surface area contributed by atoms with Gasteiger partial charge in [0.15, 0.2) is 5.82 Å². The van der Waals surface area contributed by atoms with E-state index in [1.54, 1.807) is 4.68 Å². The minimum atomic E-state index is 0.671. The molecule has 5 nitrogen and oxygen atoms in total. The quantitative estimate of drug-likeness (QED) is 0.739. The zero-order valence-corrected chi connectivity index (χ0v) is 12.9. The van der Waals surface area contributed by atoms with Crippen LogP contribution in [-0.4, -0.2) is 20.2 Å². The van der Waals surface area contributed by atoms with Crippen LogP contribution in [-0.2, 0) is 13.0 Å². The molecule has 0 saturated carbocycles. The van der Waals surface area contributed by atoms with E-state index in [0.29, 0.717) is 5.69 Å². The number of halogens is 1. The maximum atomic E-state index is 5.92. The van der Waals surface area contributed by atoms with Crippen LogP contribution in [0.15, 0.2) is 53.0 Å². The minimum Gasteiger partial charge on any atom is -0.398 e. The molecular formula is C15H14BrN5. The number of rotatable bonds is 4. The predicted octanol–water partition coefficient (Wildman–Crippen LogP) is 2.93. The molecule has 3 aromatic rings. The zero-order valence-electron chi connectivity index (χ0n) is 11.3. The highest BCUT2D eigenvalue weighted by Crippen LogP contribution is 2.25. The molecule has 0 aliphatic heterocycles. The number of hydrogen-bond donors (Lipinski definition) is 1. The average molecular weight is 344 g/mol. The second kappa shape index (κ2) is 6.05. The van der Waals surface area contributed by atoms with E-state index in [0.717, 1.165) is 28.8 Å². The average Bonchev–Trinajstić information content (AvgIpc) is 2.97. The van der Waals surface area contributed by atoms with Gasteiger partial charge >= 0.3 is 0 Å². The van der Waals surface area contributed by atoms with E-state index in [2.05, 4.69) is 43.6 Å². The SMILES string of the molecule is Nc1cc(-c2nnnn2CCc2ccccc2)ccc1Br. The van der Waals surface area contributed by atoms with Gasteiger partial charge in [-0.15, -0.1) is 5.10 Å². The first-order valence-electron chi connectivity index (χ1n) is 6.59. The molecular weight excluding hydrogens is 330 g/mol. The molecule has 0 radical (unpaired) electrons. The Morgan fingerprint density at radius 1 is 1.10 bits per heavy atom. The molecule has 106 valence electrons. The van der Waals surface area contributed by atoms with E-state index < -0.39 is 0 Å². The number of aromatic nitrogens is 4. The van der Waals surface area contributed by atoms with Crippen molar-refractivity contribution in [2.75, 3.05) is 5.73 Å². The number of nitrogen functional groups attached to an aromatic ring is 1. The lowest BCUT2D eigenvalue weighted by atomic mass is 10.1. The Bertz CT molecular complexity index is 739. The largest absolute Gasteiger partial charge is 0.398 e. The summed E-state index contributed by atoms with van der Waals surface area (Å²) in [6.07, 6.45) is 0.880. The smallest absolute Gasteiger partial charge is 0.182 e. The van der Waals surface area contributed by atoms with Crippen molar-refractivity contribution in [2.24, 2.45) is 0 Å². The van der Waals surface area contributed by atoms with Gasteiger partial charge < -0.3 is 5.73 Å². The molecule has 2 aromatic carbocycles. The molecule has 1 heterocycles. The van der Waals surface area contributed by atoms with Crippen LogP contribution in [0.5, 0.6) is 0 Å². The summed E-state index contributed by atoms with van der Waals surface area (Å²) >= 11 is 3.39. The second-order valence-electron chi connectivity index (χ2n) is 4.70. The molecule has 0 bridgehead atoms. The first-order chi connectivity index (χ1) is 10.2. The summed E-state index contributed by atoms with van der Waals surface area (Å²) < 4.78 is 2.67. The van der Waals surface area contributed by atoms with Crippen LogP contribution in [0, 0.1) is 0 Å². The summed E-state index contributed by atoms with van der Waals surface area (Å²) in [5.41, 5.74) is 8.76. The lowest BCUT2D eigenvalue weighted by molar-refractivity contribution is 0.594. The van der Waals surface area contributed by atoms with Crippen molar-refractivity contribution in [2.45, 2.75) is 13.0 Å². The maximum Gasteiger partial charge on any atom is 0.182 e. The number of nitrogens with two attached hydrogens (primary N) is 1. The summed E-state index contributed by atoms with van der Waals surface area (Å²) in [6, 6.07) is 16.0. The van der Waals surface area contributed by atoms with Gasteiger partial charge in [-0.3, -0.25) is 0 Å². The molecule has 0 spiro atoms. The molecule has 1 aromatic heterocycles. The molecule has 0 fully saturated rings. The first kappa shape index (κ1) is 13.8. The van der Waals surface area contributed by atoms with Gasteiger partial charge in [0.1, 0.15) is 0 Å². The van der Waals surface area contributed by atoms with E-state index >= 15 is 0 Å². The Balaban J connectivity index is 1.82. The fourth-order valence-electron chi connectivity index (χ4n) is 2.12. The minimum absolute atomic E-state index is 0.671. The van der Waals surface area contributed by atoms with Gasteiger partial charge in [0, 0.05) is 22.3 Å². The van der Waals surface area contributed by atoms with Gasteiger partial charge in [-0.05, 0) is 56.5 Å². The van der Waals surface area contributed by atoms with Gasteiger partial charge in [-0.2, -0.15) is 0 Å². The predicted molar refractivity (Wildman–Crippen MR) is 85.5 cm³/mol. The second-order valence-corrected chi connectivity index (χ2v) is 5.55. The number of aryl methyl sites for hydroxylation is 2.